The Morgan fingerprint density at radius 3 is 2.89 bits per heavy atom. The van der Waals surface area contributed by atoms with E-state index in [4.69, 9.17) is 10.5 Å². The number of rotatable bonds is 6. The van der Waals surface area contributed by atoms with E-state index in [0.717, 1.165) is 17.1 Å². The van der Waals surface area contributed by atoms with Crippen LogP contribution in [-0.4, -0.2) is 27.8 Å². The minimum atomic E-state index is -0.0273. The van der Waals surface area contributed by atoms with Gasteiger partial charge in [-0.15, -0.1) is 0 Å². The summed E-state index contributed by atoms with van der Waals surface area (Å²) in [5.74, 6) is 1.65. The molecule has 0 radical (unpaired) electrons. The first-order chi connectivity index (χ1) is 9.20. The van der Waals surface area contributed by atoms with Gasteiger partial charge in [0.25, 0.3) is 0 Å². The normalized spacial score (nSPS) is 13.8. The molecular formula is C13H19N5O. The lowest BCUT2D eigenvalue weighted by Crippen LogP contribution is -2.24. The highest BCUT2D eigenvalue weighted by molar-refractivity contribution is 5.40. The Bertz CT molecular complexity index is 499. The summed E-state index contributed by atoms with van der Waals surface area (Å²) in [6.07, 6.45) is 5.18. The maximum absolute atomic E-state index is 5.80. The molecule has 2 unspecified atom stereocenters. The number of pyridine rings is 1. The molecule has 2 heterocycles. The van der Waals surface area contributed by atoms with Gasteiger partial charge in [-0.2, -0.15) is 5.10 Å². The van der Waals surface area contributed by atoms with E-state index in [0.29, 0.717) is 6.54 Å². The topological polar surface area (TPSA) is 88.8 Å². The van der Waals surface area contributed by atoms with Crippen LogP contribution >= 0.6 is 0 Å². The Morgan fingerprint density at radius 1 is 1.37 bits per heavy atom. The van der Waals surface area contributed by atoms with E-state index < -0.39 is 0 Å². The number of nitrogens with two attached hydrogens (primary N) is 1. The molecule has 0 saturated carbocycles. The van der Waals surface area contributed by atoms with Gasteiger partial charge in [-0.05, 0) is 26.0 Å². The van der Waals surface area contributed by atoms with Crippen molar-refractivity contribution in [3.05, 3.63) is 36.3 Å². The third-order valence-electron chi connectivity index (χ3n) is 2.81. The number of hydrogen-bond acceptors (Lipinski definition) is 5. The predicted octanol–water partition coefficient (Wildman–Crippen LogP) is 1.70. The van der Waals surface area contributed by atoms with Crippen LogP contribution in [0.5, 0.6) is 5.75 Å². The fraction of sp³-hybridized carbons (Fsp3) is 0.385. The number of aromatic amines is 1. The summed E-state index contributed by atoms with van der Waals surface area (Å²) in [5.41, 5.74) is 6.57. The number of nitrogens with zero attached hydrogens (tertiary/aromatic N) is 2. The van der Waals surface area contributed by atoms with Crippen molar-refractivity contribution in [2.45, 2.75) is 26.0 Å². The van der Waals surface area contributed by atoms with E-state index >= 15 is 0 Å². The fourth-order valence-corrected chi connectivity index (χ4v) is 1.74. The van der Waals surface area contributed by atoms with Gasteiger partial charge in [0.1, 0.15) is 17.7 Å². The van der Waals surface area contributed by atoms with E-state index in [1.807, 2.05) is 26.0 Å². The lowest BCUT2D eigenvalue weighted by atomic mass is 10.1. The van der Waals surface area contributed by atoms with Crippen LogP contribution in [0.15, 0.2) is 30.7 Å². The first kappa shape index (κ1) is 13.4. The second-order valence-corrected chi connectivity index (χ2v) is 4.41. The summed E-state index contributed by atoms with van der Waals surface area (Å²) < 4.78 is 5.80. The molecule has 0 aliphatic carbocycles. The number of hydrogen-bond donors (Lipinski definition) is 3. The maximum Gasteiger partial charge on any atom is 0.128 e. The smallest absolute Gasteiger partial charge is 0.128 e. The van der Waals surface area contributed by atoms with Crippen molar-refractivity contribution < 1.29 is 4.74 Å². The second-order valence-electron chi connectivity index (χ2n) is 4.41. The number of anilines is 1. The molecule has 4 N–H and O–H groups in total. The summed E-state index contributed by atoms with van der Waals surface area (Å²) in [4.78, 5) is 4.15. The molecule has 19 heavy (non-hydrogen) atoms. The highest BCUT2D eigenvalue weighted by Crippen LogP contribution is 2.26. The van der Waals surface area contributed by atoms with E-state index in [2.05, 4.69) is 20.5 Å². The summed E-state index contributed by atoms with van der Waals surface area (Å²) in [5, 5.41) is 10.1. The first-order valence-electron chi connectivity index (χ1n) is 6.27. The van der Waals surface area contributed by atoms with Gasteiger partial charge in [-0.25, -0.2) is 0 Å². The molecular weight excluding hydrogens is 242 g/mol. The van der Waals surface area contributed by atoms with Crippen LogP contribution in [0.1, 0.15) is 25.5 Å². The van der Waals surface area contributed by atoms with E-state index in [9.17, 15) is 0 Å². The van der Waals surface area contributed by atoms with Gasteiger partial charge in [0, 0.05) is 24.5 Å². The molecule has 6 nitrogen and oxygen atoms in total. The molecule has 2 rings (SSSR count). The Labute approximate surface area is 112 Å². The predicted molar refractivity (Wildman–Crippen MR) is 74.0 cm³/mol. The number of aromatic nitrogens is 3. The molecule has 2 aromatic rings. The molecule has 2 atom stereocenters. The number of nitrogens with one attached hydrogen (secondary N) is 2. The first-order valence-corrected chi connectivity index (χ1v) is 6.27. The molecule has 2 aromatic heterocycles. The van der Waals surface area contributed by atoms with Gasteiger partial charge in [0.15, 0.2) is 0 Å². The zero-order valence-electron chi connectivity index (χ0n) is 11.1. The van der Waals surface area contributed by atoms with Gasteiger partial charge >= 0.3 is 0 Å². The summed E-state index contributed by atoms with van der Waals surface area (Å²) in [6, 6.07) is 3.77. The Hall–Kier alpha value is -2.08. The highest BCUT2D eigenvalue weighted by Gasteiger charge is 2.14. The molecule has 0 saturated heterocycles. The number of ether oxygens (including phenoxy) is 1. The second kappa shape index (κ2) is 6.19. The van der Waals surface area contributed by atoms with Gasteiger partial charge in [0.05, 0.1) is 12.2 Å². The van der Waals surface area contributed by atoms with Crippen LogP contribution in [0.3, 0.4) is 0 Å². The zero-order chi connectivity index (χ0) is 13.7. The SMILES string of the molecule is CC(CN)Oc1ccncc1C(C)Nc1ccn[nH]1. The van der Waals surface area contributed by atoms with Crippen molar-refractivity contribution in [3.63, 3.8) is 0 Å². The molecule has 0 amide bonds. The lowest BCUT2D eigenvalue weighted by molar-refractivity contribution is 0.227. The Kier molecular flexibility index (Phi) is 4.35. The van der Waals surface area contributed by atoms with Crippen molar-refractivity contribution >= 4 is 5.82 Å². The van der Waals surface area contributed by atoms with Crippen molar-refractivity contribution in [3.8, 4) is 5.75 Å². The minimum absolute atomic E-state index is 0.0273. The van der Waals surface area contributed by atoms with Crippen molar-refractivity contribution in [1.82, 2.24) is 15.2 Å². The molecule has 0 aromatic carbocycles. The van der Waals surface area contributed by atoms with Crippen LogP contribution in [0.4, 0.5) is 5.82 Å². The third kappa shape index (κ3) is 3.45. The molecule has 6 heteroatoms. The van der Waals surface area contributed by atoms with Crippen LogP contribution in [0, 0.1) is 0 Å². The Balaban J connectivity index is 2.14. The molecule has 0 spiro atoms. The Morgan fingerprint density at radius 2 is 2.21 bits per heavy atom. The quantitative estimate of drug-likeness (QED) is 0.736. The third-order valence-corrected chi connectivity index (χ3v) is 2.81. The summed E-state index contributed by atoms with van der Waals surface area (Å²) >= 11 is 0. The molecule has 0 aliphatic heterocycles. The summed E-state index contributed by atoms with van der Waals surface area (Å²) in [6.45, 7) is 4.46. The van der Waals surface area contributed by atoms with Crippen LogP contribution in [0.25, 0.3) is 0 Å². The maximum atomic E-state index is 5.80. The van der Waals surface area contributed by atoms with Crippen LogP contribution < -0.4 is 15.8 Å². The highest BCUT2D eigenvalue weighted by atomic mass is 16.5. The van der Waals surface area contributed by atoms with Crippen LogP contribution in [-0.2, 0) is 0 Å². The van der Waals surface area contributed by atoms with Crippen molar-refractivity contribution in [2.75, 3.05) is 11.9 Å². The summed E-state index contributed by atoms with van der Waals surface area (Å²) in [7, 11) is 0. The molecule has 102 valence electrons. The standard InChI is InChI=1S/C13H19N5O/c1-9(7-14)19-12-3-5-15-8-11(12)10(2)17-13-4-6-16-18-13/h3-6,8-10H,7,14H2,1-2H3,(H2,16,17,18). The average Bonchev–Trinajstić information content (AvgIpc) is 2.92. The van der Waals surface area contributed by atoms with Crippen molar-refractivity contribution in [2.24, 2.45) is 5.73 Å². The van der Waals surface area contributed by atoms with E-state index in [-0.39, 0.29) is 12.1 Å². The van der Waals surface area contributed by atoms with Gasteiger partial charge < -0.3 is 15.8 Å². The van der Waals surface area contributed by atoms with Gasteiger partial charge in [-0.1, -0.05) is 0 Å². The molecule has 0 bridgehead atoms. The number of H-pyrrole nitrogens is 1. The fourth-order valence-electron chi connectivity index (χ4n) is 1.74. The molecule has 0 aliphatic rings. The minimum Gasteiger partial charge on any atom is -0.489 e. The van der Waals surface area contributed by atoms with Crippen LogP contribution in [0.2, 0.25) is 0 Å². The average molecular weight is 261 g/mol. The lowest BCUT2D eigenvalue weighted by Gasteiger charge is -2.20. The monoisotopic (exact) mass is 261 g/mol. The largest absolute Gasteiger partial charge is 0.489 e. The van der Waals surface area contributed by atoms with Gasteiger partial charge in [0.2, 0.25) is 0 Å². The van der Waals surface area contributed by atoms with Gasteiger partial charge in [-0.3, -0.25) is 10.1 Å². The van der Waals surface area contributed by atoms with E-state index in [1.54, 1.807) is 18.6 Å². The zero-order valence-corrected chi connectivity index (χ0v) is 11.1. The van der Waals surface area contributed by atoms with E-state index in [1.165, 1.54) is 0 Å². The molecule has 0 fully saturated rings. The van der Waals surface area contributed by atoms with Crippen molar-refractivity contribution in [1.29, 1.82) is 0 Å².